The molecule has 3 heteroatoms. The van der Waals surface area contributed by atoms with E-state index in [0.29, 0.717) is 6.04 Å². The molecule has 0 spiro atoms. The second-order valence-corrected chi connectivity index (χ2v) is 4.86. The van der Waals surface area contributed by atoms with Crippen molar-refractivity contribution < 1.29 is 0 Å². The third kappa shape index (κ3) is 4.35. The van der Waals surface area contributed by atoms with Gasteiger partial charge < -0.3 is 5.32 Å². The van der Waals surface area contributed by atoms with Crippen LogP contribution in [0.25, 0.3) is 0 Å². The Morgan fingerprint density at radius 3 is 3.18 bits per heavy atom. The van der Waals surface area contributed by atoms with Gasteiger partial charge in [0.2, 0.25) is 0 Å². The van der Waals surface area contributed by atoms with Crippen LogP contribution in [0.3, 0.4) is 0 Å². The smallest absolute Gasteiger partial charge is 0.0637 e. The third-order valence-corrected chi connectivity index (χ3v) is 3.31. The van der Waals surface area contributed by atoms with Gasteiger partial charge in [0.15, 0.2) is 0 Å². The van der Waals surface area contributed by atoms with Gasteiger partial charge in [0.1, 0.15) is 0 Å². The molecule has 17 heavy (non-hydrogen) atoms. The number of nitrogens with zero attached hydrogens (tertiary/aromatic N) is 2. The van der Waals surface area contributed by atoms with Crippen LogP contribution in [-0.4, -0.2) is 22.4 Å². The van der Waals surface area contributed by atoms with E-state index in [9.17, 15) is 0 Å². The van der Waals surface area contributed by atoms with Gasteiger partial charge in [0.25, 0.3) is 0 Å². The Morgan fingerprint density at radius 2 is 2.35 bits per heavy atom. The molecule has 0 saturated carbocycles. The predicted molar refractivity (Wildman–Crippen MR) is 70.9 cm³/mol. The van der Waals surface area contributed by atoms with Crippen molar-refractivity contribution in [1.29, 1.82) is 0 Å². The zero-order valence-electron chi connectivity index (χ0n) is 10.7. The van der Waals surface area contributed by atoms with E-state index in [-0.39, 0.29) is 0 Å². The predicted octanol–water partition coefficient (Wildman–Crippen LogP) is 2.44. The molecule has 2 rings (SSSR count). The summed E-state index contributed by atoms with van der Waals surface area (Å²) in [6.07, 6.45) is 14.3. The second kappa shape index (κ2) is 6.60. The van der Waals surface area contributed by atoms with Crippen LogP contribution in [0, 0.1) is 0 Å². The number of aryl methyl sites for hydroxylation is 1. The molecule has 0 aliphatic heterocycles. The van der Waals surface area contributed by atoms with Gasteiger partial charge in [0, 0.05) is 32.3 Å². The summed E-state index contributed by atoms with van der Waals surface area (Å²) in [6, 6.07) is 2.66. The largest absolute Gasteiger partial charge is 0.310 e. The molecule has 1 heterocycles. The number of aromatic nitrogens is 2. The van der Waals surface area contributed by atoms with E-state index in [1.807, 2.05) is 17.9 Å². The summed E-state index contributed by atoms with van der Waals surface area (Å²) in [5, 5.41) is 8.00. The Balaban J connectivity index is 1.71. The third-order valence-electron chi connectivity index (χ3n) is 3.31. The van der Waals surface area contributed by atoms with E-state index in [0.717, 1.165) is 13.0 Å². The van der Waals surface area contributed by atoms with Gasteiger partial charge in [-0.1, -0.05) is 25.0 Å². The quantitative estimate of drug-likeness (QED) is 0.810. The van der Waals surface area contributed by atoms with E-state index in [4.69, 9.17) is 0 Å². The molecule has 1 unspecified atom stereocenters. The van der Waals surface area contributed by atoms with Crippen LogP contribution in [0.2, 0.25) is 0 Å². The summed E-state index contributed by atoms with van der Waals surface area (Å²) in [5.74, 6) is 0. The molecular formula is C14H23N3. The summed E-state index contributed by atoms with van der Waals surface area (Å²) in [5.41, 5.74) is 1.18. The molecule has 0 amide bonds. The molecule has 0 aromatic carbocycles. The van der Waals surface area contributed by atoms with Gasteiger partial charge in [-0.3, -0.25) is 4.68 Å². The first-order valence-electron chi connectivity index (χ1n) is 6.73. The summed E-state index contributed by atoms with van der Waals surface area (Å²) in [7, 11) is 1.97. The first-order valence-corrected chi connectivity index (χ1v) is 6.73. The molecule has 1 N–H and O–H groups in total. The van der Waals surface area contributed by atoms with E-state index in [2.05, 4.69) is 28.6 Å². The van der Waals surface area contributed by atoms with E-state index >= 15 is 0 Å². The maximum Gasteiger partial charge on any atom is 0.0637 e. The lowest BCUT2D eigenvalue weighted by atomic mass is 10.0. The molecular weight excluding hydrogens is 210 g/mol. The fraction of sp³-hybridized carbons (Fsp3) is 0.643. The number of hydrogen-bond donors (Lipinski definition) is 1. The van der Waals surface area contributed by atoms with E-state index in [1.165, 1.54) is 37.8 Å². The maximum atomic E-state index is 4.39. The first-order chi connectivity index (χ1) is 8.34. The van der Waals surface area contributed by atoms with Crippen LogP contribution in [0.15, 0.2) is 24.4 Å². The van der Waals surface area contributed by atoms with Gasteiger partial charge in [-0.2, -0.15) is 5.10 Å². The highest BCUT2D eigenvalue weighted by Crippen LogP contribution is 2.11. The van der Waals surface area contributed by atoms with Crippen molar-refractivity contribution in [2.45, 2.75) is 44.6 Å². The Hall–Kier alpha value is -1.09. The monoisotopic (exact) mass is 233 g/mol. The molecule has 1 atom stereocenters. The minimum absolute atomic E-state index is 0.569. The lowest BCUT2D eigenvalue weighted by molar-refractivity contribution is 0.509. The fourth-order valence-electron chi connectivity index (χ4n) is 2.31. The van der Waals surface area contributed by atoms with Gasteiger partial charge in [-0.15, -0.1) is 0 Å². The standard InChI is InChI=1S/C14H23N3/c1-17-12-10-14(16-17)9-11-15-13-7-5-3-2-4-6-8-13/h5,7,10,12-13,15H,2-4,6,8-9,11H2,1H3/b7-5+. The van der Waals surface area contributed by atoms with E-state index < -0.39 is 0 Å². The molecule has 1 aliphatic rings. The highest BCUT2D eigenvalue weighted by Gasteiger charge is 2.06. The summed E-state index contributed by atoms with van der Waals surface area (Å²) < 4.78 is 1.87. The highest BCUT2D eigenvalue weighted by molar-refractivity contribution is 5.00. The number of nitrogens with one attached hydrogen (secondary N) is 1. The van der Waals surface area contributed by atoms with Crippen molar-refractivity contribution >= 4 is 0 Å². The number of allylic oxidation sites excluding steroid dienone is 1. The highest BCUT2D eigenvalue weighted by atomic mass is 15.2. The van der Waals surface area contributed by atoms with Crippen LogP contribution in [0.1, 0.15) is 37.8 Å². The first kappa shape index (κ1) is 12.4. The number of hydrogen-bond acceptors (Lipinski definition) is 2. The lowest BCUT2D eigenvalue weighted by Crippen LogP contribution is -2.29. The van der Waals surface area contributed by atoms with Gasteiger partial charge in [0.05, 0.1) is 5.69 Å². The van der Waals surface area contributed by atoms with Gasteiger partial charge in [-0.25, -0.2) is 0 Å². The Kier molecular flexibility index (Phi) is 4.80. The molecule has 0 fully saturated rings. The van der Waals surface area contributed by atoms with Gasteiger partial charge in [-0.05, 0) is 25.3 Å². The van der Waals surface area contributed by atoms with Crippen LogP contribution >= 0.6 is 0 Å². The van der Waals surface area contributed by atoms with Crippen molar-refractivity contribution in [2.24, 2.45) is 7.05 Å². The van der Waals surface area contributed by atoms with E-state index in [1.54, 1.807) is 0 Å². The molecule has 3 nitrogen and oxygen atoms in total. The minimum Gasteiger partial charge on any atom is -0.310 e. The van der Waals surface area contributed by atoms with Crippen LogP contribution < -0.4 is 5.32 Å². The van der Waals surface area contributed by atoms with Crippen LogP contribution in [-0.2, 0) is 13.5 Å². The minimum atomic E-state index is 0.569. The molecule has 0 saturated heterocycles. The molecule has 0 bridgehead atoms. The topological polar surface area (TPSA) is 29.9 Å². The molecule has 1 aromatic heterocycles. The zero-order chi connectivity index (χ0) is 11.9. The fourth-order valence-corrected chi connectivity index (χ4v) is 2.31. The van der Waals surface area contributed by atoms with Crippen molar-refractivity contribution in [3.63, 3.8) is 0 Å². The maximum absolute atomic E-state index is 4.39. The average Bonchev–Trinajstić information content (AvgIpc) is 2.67. The Bertz CT molecular complexity index is 354. The van der Waals surface area contributed by atoms with Crippen molar-refractivity contribution in [2.75, 3.05) is 6.54 Å². The molecule has 1 aliphatic carbocycles. The van der Waals surface area contributed by atoms with Crippen LogP contribution in [0.4, 0.5) is 0 Å². The Morgan fingerprint density at radius 1 is 1.41 bits per heavy atom. The summed E-state index contributed by atoms with van der Waals surface area (Å²) in [4.78, 5) is 0. The normalized spacial score (nSPS) is 23.0. The lowest BCUT2D eigenvalue weighted by Gasteiger charge is -2.16. The average molecular weight is 233 g/mol. The van der Waals surface area contributed by atoms with Crippen LogP contribution in [0.5, 0.6) is 0 Å². The van der Waals surface area contributed by atoms with Gasteiger partial charge >= 0.3 is 0 Å². The van der Waals surface area contributed by atoms with Crippen molar-refractivity contribution in [1.82, 2.24) is 15.1 Å². The Labute approximate surface area is 104 Å². The number of rotatable bonds is 4. The summed E-state index contributed by atoms with van der Waals surface area (Å²) >= 11 is 0. The molecule has 1 aromatic rings. The van der Waals surface area contributed by atoms with Crippen molar-refractivity contribution in [3.05, 3.63) is 30.1 Å². The second-order valence-electron chi connectivity index (χ2n) is 4.86. The van der Waals surface area contributed by atoms with Crippen molar-refractivity contribution in [3.8, 4) is 0 Å². The molecule has 0 radical (unpaired) electrons. The summed E-state index contributed by atoms with van der Waals surface area (Å²) in [6.45, 7) is 1.02. The molecule has 94 valence electrons. The zero-order valence-corrected chi connectivity index (χ0v) is 10.7. The SMILES string of the molecule is Cn1ccc(CCNC2/C=C/CCCCC2)n1.